The number of rotatable bonds is 6. The molecular formula is C24H25N5O3. The van der Waals surface area contributed by atoms with E-state index < -0.39 is 0 Å². The van der Waals surface area contributed by atoms with Crippen LogP contribution >= 0.6 is 0 Å². The van der Waals surface area contributed by atoms with Crippen LogP contribution in [0.15, 0.2) is 54.6 Å². The second-order valence-corrected chi connectivity index (χ2v) is 7.72. The molecule has 2 aromatic carbocycles. The van der Waals surface area contributed by atoms with Gasteiger partial charge in [0, 0.05) is 30.6 Å². The third kappa shape index (κ3) is 4.39. The van der Waals surface area contributed by atoms with Gasteiger partial charge in [0.2, 0.25) is 17.7 Å². The number of nitrogens with one attached hydrogen (secondary N) is 2. The number of anilines is 2. The number of hydrogen-bond donors (Lipinski definition) is 2. The van der Waals surface area contributed by atoms with Crippen LogP contribution in [-0.4, -0.2) is 34.0 Å². The smallest absolute Gasteiger partial charge is 0.244 e. The van der Waals surface area contributed by atoms with Crippen LogP contribution in [0.2, 0.25) is 0 Å². The number of nitrogens with zero attached hydrogens (tertiary/aromatic N) is 3. The second-order valence-electron chi connectivity index (χ2n) is 7.72. The lowest BCUT2D eigenvalue weighted by molar-refractivity contribution is -0.125. The second kappa shape index (κ2) is 9.05. The largest absolute Gasteiger partial charge is 0.352 e. The monoisotopic (exact) mass is 431 g/mol. The Morgan fingerprint density at radius 2 is 1.75 bits per heavy atom. The maximum atomic E-state index is 12.7. The van der Waals surface area contributed by atoms with Crippen molar-refractivity contribution < 1.29 is 14.4 Å². The lowest BCUT2D eigenvalue weighted by Gasteiger charge is -2.29. The minimum absolute atomic E-state index is 0.0225. The Kier molecular flexibility index (Phi) is 6.02. The molecule has 1 aliphatic heterocycles. The molecule has 0 atom stereocenters. The molecule has 2 N–H and O–H groups in total. The molecule has 4 rings (SSSR count). The Morgan fingerprint density at radius 3 is 2.53 bits per heavy atom. The van der Waals surface area contributed by atoms with Gasteiger partial charge in [-0.25, -0.2) is 4.68 Å². The quantitative estimate of drug-likeness (QED) is 0.627. The average Bonchev–Trinajstić information content (AvgIpc) is 3.09. The van der Waals surface area contributed by atoms with Crippen LogP contribution in [0.4, 0.5) is 11.4 Å². The summed E-state index contributed by atoms with van der Waals surface area (Å²) in [6.45, 7) is 4.17. The predicted molar refractivity (Wildman–Crippen MR) is 122 cm³/mol. The van der Waals surface area contributed by atoms with Crippen LogP contribution in [0, 0.1) is 13.8 Å². The first kappa shape index (κ1) is 21.3. The van der Waals surface area contributed by atoms with Gasteiger partial charge in [-0.1, -0.05) is 30.3 Å². The van der Waals surface area contributed by atoms with Gasteiger partial charge in [-0.15, -0.1) is 0 Å². The molecule has 0 unspecified atom stereocenters. The third-order valence-electron chi connectivity index (χ3n) is 5.54. The highest BCUT2D eigenvalue weighted by atomic mass is 16.2. The lowest BCUT2D eigenvalue weighted by Crippen LogP contribution is -2.42. The van der Waals surface area contributed by atoms with E-state index in [1.54, 1.807) is 18.2 Å². The maximum absolute atomic E-state index is 12.7. The summed E-state index contributed by atoms with van der Waals surface area (Å²) in [6, 6.07) is 16.9. The summed E-state index contributed by atoms with van der Waals surface area (Å²) in [6.07, 6.45) is 0.0682. The fourth-order valence-electron chi connectivity index (χ4n) is 3.84. The first-order valence-electron chi connectivity index (χ1n) is 10.5. The average molecular weight is 431 g/mol. The molecule has 0 radical (unpaired) electrons. The maximum Gasteiger partial charge on any atom is 0.244 e. The highest BCUT2D eigenvalue weighted by Crippen LogP contribution is 2.29. The van der Waals surface area contributed by atoms with Crippen molar-refractivity contribution in [2.24, 2.45) is 0 Å². The molecule has 0 bridgehead atoms. The van der Waals surface area contributed by atoms with Crippen molar-refractivity contribution in [2.45, 2.75) is 33.2 Å². The number of benzene rings is 2. The number of hydrogen-bond acceptors (Lipinski definition) is 4. The summed E-state index contributed by atoms with van der Waals surface area (Å²) >= 11 is 0. The molecule has 2 heterocycles. The normalized spacial score (nSPS) is 12.8. The first-order chi connectivity index (χ1) is 15.4. The number of carbonyl (C=O) groups is 3. The molecule has 3 aromatic rings. The van der Waals surface area contributed by atoms with E-state index >= 15 is 0 Å². The Balaban J connectivity index is 1.35. The molecule has 0 fully saturated rings. The highest BCUT2D eigenvalue weighted by Gasteiger charge is 2.26. The zero-order chi connectivity index (χ0) is 22.7. The molecule has 164 valence electrons. The highest BCUT2D eigenvalue weighted by molar-refractivity contribution is 6.10. The molecule has 0 spiro atoms. The van der Waals surface area contributed by atoms with E-state index in [9.17, 15) is 14.4 Å². The minimum atomic E-state index is -0.258. The van der Waals surface area contributed by atoms with Crippen molar-refractivity contribution >= 4 is 29.1 Å². The van der Waals surface area contributed by atoms with Crippen LogP contribution in [-0.2, 0) is 20.9 Å². The number of carbonyl (C=O) groups excluding carboxylic acids is 3. The first-order valence-corrected chi connectivity index (χ1v) is 10.5. The van der Waals surface area contributed by atoms with Gasteiger partial charge >= 0.3 is 0 Å². The molecule has 0 saturated carbocycles. The molecule has 3 amide bonds. The number of aryl methyl sites for hydroxylation is 1. The Morgan fingerprint density at radius 1 is 1.03 bits per heavy atom. The van der Waals surface area contributed by atoms with Crippen molar-refractivity contribution in [1.29, 1.82) is 0 Å². The summed E-state index contributed by atoms with van der Waals surface area (Å²) in [7, 11) is 0. The van der Waals surface area contributed by atoms with Gasteiger partial charge in [-0.2, -0.15) is 5.10 Å². The van der Waals surface area contributed by atoms with Gasteiger partial charge in [-0.3, -0.25) is 14.4 Å². The van der Waals surface area contributed by atoms with Crippen molar-refractivity contribution in [2.75, 3.05) is 16.8 Å². The number of para-hydroxylation sites is 3. The zero-order valence-electron chi connectivity index (χ0n) is 18.1. The van der Waals surface area contributed by atoms with Crippen LogP contribution in [0.3, 0.4) is 0 Å². The van der Waals surface area contributed by atoms with Gasteiger partial charge in [0.25, 0.3) is 0 Å². The Labute approximate surface area is 186 Å². The van der Waals surface area contributed by atoms with E-state index in [0.717, 1.165) is 22.6 Å². The van der Waals surface area contributed by atoms with E-state index in [2.05, 4.69) is 15.7 Å². The van der Waals surface area contributed by atoms with E-state index in [4.69, 9.17) is 0 Å². The molecule has 0 saturated heterocycles. The number of aromatic nitrogens is 2. The van der Waals surface area contributed by atoms with Gasteiger partial charge in [-0.05, 0) is 38.1 Å². The van der Waals surface area contributed by atoms with Crippen molar-refractivity contribution in [3.8, 4) is 5.69 Å². The van der Waals surface area contributed by atoms with Crippen molar-refractivity contribution in [3.05, 3.63) is 71.5 Å². The summed E-state index contributed by atoms with van der Waals surface area (Å²) < 4.78 is 1.86. The van der Waals surface area contributed by atoms with Crippen molar-refractivity contribution in [1.82, 2.24) is 15.1 Å². The molecule has 1 aliphatic rings. The predicted octanol–water partition coefficient (Wildman–Crippen LogP) is 2.87. The van der Waals surface area contributed by atoms with E-state index in [1.807, 2.05) is 54.9 Å². The SMILES string of the molecule is Cc1nn(-c2ccccc2)c(C)c1CNC(=O)CCC(=O)N1CC(=O)Nc2ccccc21. The topological polar surface area (TPSA) is 96.3 Å². The summed E-state index contributed by atoms with van der Waals surface area (Å²) in [5, 5.41) is 10.2. The van der Waals surface area contributed by atoms with Gasteiger partial charge < -0.3 is 15.5 Å². The fourth-order valence-corrected chi connectivity index (χ4v) is 3.84. The van der Waals surface area contributed by atoms with Crippen LogP contribution < -0.4 is 15.5 Å². The van der Waals surface area contributed by atoms with E-state index in [0.29, 0.717) is 17.9 Å². The molecule has 8 nitrogen and oxygen atoms in total. The van der Waals surface area contributed by atoms with Crippen LogP contribution in [0.25, 0.3) is 5.69 Å². The van der Waals surface area contributed by atoms with E-state index in [-0.39, 0.29) is 37.1 Å². The standard InChI is InChI=1S/C24H25N5O3/c1-16-19(17(2)29(27-16)18-8-4-3-5-9-18)14-25-22(30)12-13-24(32)28-15-23(31)26-20-10-6-7-11-21(20)28/h3-11H,12-15H2,1-2H3,(H,25,30)(H,26,31). The Bertz CT molecular complexity index is 1170. The zero-order valence-corrected chi connectivity index (χ0v) is 18.1. The fraction of sp³-hybridized carbons (Fsp3) is 0.250. The van der Waals surface area contributed by atoms with E-state index in [1.165, 1.54) is 4.90 Å². The molecular weight excluding hydrogens is 406 g/mol. The van der Waals surface area contributed by atoms with Crippen LogP contribution in [0.5, 0.6) is 0 Å². The van der Waals surface area contributed by atoms with Gasteiger partial charge in [0.05, 0.1) is 22.8 Å². The Hall–Kier alpha value is -3.94. The number of fused-ring (bicyclic) bond motifs is 1. The minimum Gasteiger partial charge on any atom is -0.352 e. The number of amides is 3. The molecule has 32 heavy (non-hydrogen) atoms. The third-order valence-corrected chi connectivity index (χ3v) is 5.54. The summed E-state index contributed by atoms with van der Waals surface area (Å²) in [5.41, 5.74) is 4.97. The molecule has 8 heteroatoms. The van der Waals surface area contributed by atoms with Crippen molar-refractivity contribution in [3.63, 3.8) is 0 Å². The lowest BCUT2D eigenvalue weighted by atomic mass is 10.1. The van der Waals surface area contributed by atoms with Crippen LogP contribution in [0.1, 0.15) is 29.8 Å². The molecule has 0 aliphatic carbocycles. The van der Waals surface area contributed by atoms with Gasteiger partial charge in [0.1, 0.15) is 6.54 Å². The molecule has 1 aromatic heterocycles. The van der Waals surface area contributed by atoms with Gasteiger partial charge in [0.15, 0.2) is 0 Å². The summed E-state index contributed by atoms with van der Waals surface area (Å²) in [5.74, 6) is -0.728. The summed E-state index contributed by atoms with van der Waals surface area (Å²) in [4.78, 5) is 38.5.